The molecule has 0 bridgehead atoms. The van der Waals surface area contributed by atoms with Crippen molar-refractivity contribution in [3.63, 3.8) is 0 Å². The SMILES string of the molecule is CC(C)(C)c1cc(CCC(=O)N2CCc3ncncc3C2)cc(C(C)(C)C)c1. The Morgan fingerprint density at radius 3 is 2.29 bits per heavy atom. The molecule has 150 valence electrons. The summed E-state index contributed by atoms with van der Waals surface area (Å²) in [6.45, 7) is 14.9. The molecule has 0 aliphatic carbocycles. The standard InChI is InChI=1S/C24H33N3O/c1-23(2,3)19-11-17(12-20(13-19)24(4,5)6)7-8-22(28)27-10-9-21-18(15-27)14-25-16-26-21/h11-14,16H,7-10,15H2,1-6H3. The van der Waals surface area contributed by atoms with Crippen molar-refractivity contribution < 1.29 is 4.79 Å². The van der Waals surface area contributed by atoms with Gasteiger partial charge in [0.25, 0.3) is 0 Å². The van der Waals surface area contributed by atoms with Gasteiger partial charge in [0.05, 0.1) is 5.69 Å². The van der Waals surface area contributed by atoms with Crippen LogP contribution in [0.25, 0.3) is 0 Å². The number of nitrogens with zero attached hydrogens (tertiary/aromatic N) is 3. The Hall–Kier alpha value is -2.23. The van der Waals surface area contributed by atoms with Crippen LogP contribution >= 0.6 is 0 Å². The zero-order valence-electron chi connectivity index (χ0n) is 18.2. The van der Waals surface area contributed by atoms with E-state index in [1.807, 2.05) is 11.1 Å². The number of aromatic nitrogens is 2. The van der Waals surface area contributed by atoms with E-state index in [9.17, 15) is 4.79 Å². The lowest BCUT2D eigenvalue weighted by atomic mass is 9.79. The van der Waals surface area contributed by atoms with Crippen LogP contribution in [0.5, 0.6) is 0 Å². The van der Waals surface area contributed by atoms with E-state index in [0.29, 0.717) is 13.0 Å². The molecule has 1 aromatic heterocycles. The summed E-state index contributed by atoms with van der Waals surface area (Å²) in [6, 6.07) is 6.89. The molecule has 0 saturated carbocycles. The highest BCUT2D eigenvalue weighted by Gasteiger charge is 2.23. The number of fused-ring (bicyclic) bond motifs is 1. The number of amides is 1. The summed E-state index contributed by atoms with van der Waals surface area (Å²) in [5, 5.41) is 0. The van der Waals surface area contributed by atoms with Crippen LogP contribution < -0.4 is 0 Å². The van der Waals surface area contributed by atoms with Crippen molar-refractivity contribution in [3.05, 3.63) is 58.7 Å². The Kier molecular flexibility index (Phi) is 5.60. The third-order valence-corrected chi connectivity index (χ3v) is 5.57. The second-order valence-corrected chi connectivity index (χ2v) is 9.98. The molecule has 1 amide bonds. The smallest absolute Gasteiger partial charge is 0.223 e. The fourth-order valence-corrected chi connectivity index (χ4v) is 3.59. The van der Waals surface area contributed by atoms with E-state index >= 15 is 0 Å². The minimum Gasteiger partial charge on any atom is -0.338 e. The highest BCUT2D eigenvalue weighted by atomic mass is 16.2. The topological polar surface area (TPSA) is 46.1 Å². The zero-order valence-corrected chi connectivity index (χ0v) is 18.2. The van der Waals surface area contributed by atoms with Gasteiger partial charge in [-0.15, -0.1) is 0 Å². The number of carbonyl (C=O) groups excluding carboxylic acids is 1. The molecule has 0 fully saturated rings. The van der Waals surface area contributed by atoms with Crippen molar-refractivity contribution in [1.29, 1.82) is 0 Å². The molecule has 3 rings (SSSR count). The first-order valence-electron chi connectivity index (χ1n) is 10.2. The molecular formula is C24H33N3O. The molecule has 0 atom stereocenters. The van der Waals surface area contributed by atoms with Gasteiger partial charge >= 0.3 is 0 Å². The second kappa shape index (κ2) is 7.65. The van der Waals surface area contributed by atoms with Crippen LogP contribution in [0.1, 0.15) is 75.9 Å². The lowest BCUT2D eigenvalue weighted by molar-refractivity contribution is -0.132. The number of benzene rings is 1. The Bertz CT molecular complexity index is 827. The number of hydrogen-bond donors (Lipinski definition) is 0. The molecule has 1 aliphatic rings. The van der Waals surface area contributed by atoms with Gasteiger partial charge in [0.2, 0.25) is 5.91 Å². The molecule has 28 heavy (non-hydrogen) atoms. The quantitative estimate of drug-likeness (QED) is 0.784. The van der Waals surface area contributed by atoms with Gasteiger partial charge in [0, 0.05) is 37.7 Å². The van der Waals surface area contributed by atoms with Crippen molar-refractivity contribution in [2.45, 2.75) is 78.2 Å². The van der Waals surface area contributed by atoms with Crippen molar-refractivity contribution in [1.82, 2.24) is 14.9 Å². The molecule has 0 saturated heterocycles. The Labute approximate surface area is 169 Å². The lowest BCUT2D eigenvalue weighted by Gasteiger charge is -2.28. The maximum Gasteiger partial charge on any atom is 0.223 e. The molecule has 0 unspecified atom stereocenters. The van der Waals surface area contributed by atoms with E-state index < -0.39 is 0 Å². The van der Waals surface area contributed by atoms with Gasteiger partial charge in [-0.25, -0.2) is 9.97 Å². The van der Waals surface area contributed by atoms with Gasteiger partial charge < -0.3 is 4.90 Å². The summed E-state index contributed by atoms with van der Waals surface area (Å²) in [7, 11) is 0. The monoisotopic (exact) mass is 379 g/mol. The van der Waals surface area contributed by atoms with E-state index in [0.717, 1.165) is 30.6 Å². The lowest BCUT2D eigenvalue weighted by Crippen LogP contribution is -2.36. The molecule has 4 nitrogen and oxygen atoms in total. The Morgan fingerprint density at radius 2 is 1.68 bits per heavy atom. The number of aryl methyl sites for hydroxylation is 1. The molecule has 0 spiro atoms. The van der Waals surface area contributed by atoms with Crippen LogP contribution in [0.3, 0.4) is 0 Å². The van der Waals surface area contributed by atoms with Gasteiger partial charge in [-0.05, 0) is 33.9 Å². The van der Waals surface area contributed by atoms with Gasteiger partial charge in [-0.1, -0.05) is 59.7 Å². The maximum absolute atomic E-state index is 12.8. The number of carbonyl (C=O) groups is 1. The summed E-state index contributed by atoms with van der Waals surface area (Å²) < 4.78 is 0. The molecule has 1 aromatic carbocycles. The van der Waals surface area contributed by atoms with E-state index in [-0.39, 0.29) is 16.7 Å². The van der Waals surface area contributed by atoms with E-state index in [1.54, 1.807) is 6.33 Å². The van der Waals surface area contributed by atoms with Crippen LogP contribution in [0.2, 0.25) is 0 Å². The first kappa shape index (κ1) is 20.5. The van der Waals surface area contributed by atoms with Crippen LogP contribution in [0.4, 0.5) is 0 Å². The van der Waals surface area contributed by atoms with Crippen LogP contribution in [-0.2, 0) is 35.0 Å². The minimum absolute atomic E-state index is 0.0938. The van der Waals surface area contributed by atoms with Crippen LogP contribution in [0.15, 0.2) is 30.7 Å². The van der Waals surface area contributed by atoms with E-state index in [1.165, 1.54) is 16.7 Å². The third-order valence-electron chi connectivity index (χ3n) is 5.57. The second-order valence-electron chi connectivity index (χ2n) is 9.98. The predicted octanol–water partition coefficient (Wildman–Crippen LogP) is 4.59. The molecule has 1 aliphatic heterocycles. The van der Waals surface area contributed by atoms with E-state index in [2.05, 4.69) is 69.7 Å². The summed E-state index contributed by atoms with van der Waals surface area (Å²) in [5.74, 6) is 0.216. The van der Waals surface area contributed by atoms with Crippen molar-refractivity contribution in [3.8, 4) is 0 Å². The normalized spacial score (nSPS) is 14.7. The van der Waals surface area contributed by atoms with E-state index in [4.69, 9.17) is 0 Å². The van der Waals surface area contributed by atoms with Gasteiger partial charge in [-0.2, -0.15) is 0 Å². The summed E-state index contributed by atoms with van der Waals surface area (Å²) in [5.41, 5.74) is 6.27. The Morgan fingerprint density at radius 1 is 1.04 bits per heavy atom. The third kappa shape index (κ3) is 4.78. The molecule has 0 radical (unpaired) electrons. The molecular weight excluding hydrogens is 346 g/mol. The number of rotatable bonds is 3. The minimum atomic E-state index is 0.0938. The van der Waals surface area contributed by atoms with Crippen molar-refractivity contribution >= 4 is 5.91 Å². The molecule has 2 heterocycles. The molecule has 4 heteroatoms. The van der Waals surface area contributed by atoms with Crippen molar-refractivity contribution in [2.75, 3.05) is 6.54 Å². The summed E-state index contributed by atoms with van der Waals surface area (Å²) in [4.78, 5) is 23.2. The Balaban J connectivity index is 1.73. The molecule has 0 N–H and O–H groups in total. The zero-order chi connectivity index (χ0) is 20.5. The van der Waals surface area contributed by atoms with Crippen molar-refractivity contribution in [2.24, 2.45) is 0 Å². The van der Waals surface area contributed by atoms with Gasteiger partial charge in [-0.3, -0.25) is 4.79 Å². The van der Waals surface area contributed by atoms with Gasteiger partial charge in [0.1, 0.15) is 6.33 Å². The molecule has 2 aromatic rings. The van der Waals surface area contributed by atoms with Gasteiger partial charge in [0.15, 0.2) is 0 Å². The first-order chi connectivity index (χ1) is 13.0. The first-order valence-corrected chi connectivity index (χ1v) is 10.2. The summed E-state index contributed by atoms with van der Waals surface area (Å²) >= 11 is 0. The van der Waals surface area contributed by atoms with Crippen LogP contribution in [-0.4, -0.2) is 27.3 Å². The number of hydrogen-bond acceptors (Lipinski definition) is 3. The largest absolute Gasteiger partial charge is 0.338 e. The highest BCUT2D eigenvalue weighted by Crippen LogP contribution is 2.30. The predicted molar refractivity (Wildman–Crippen MR) is 113 cm³/mol. The fourth-order valence-electron chi connectivity index (χ4n) is 3.59. The highest BCUT2D eigenvalue weighted by molar-refractivity contribution is 5.76. The summed E-state index contributed by atoms with van der Waals surface area (Å²) in [6.07, 6.45) is 5.56. The maximum atomic E-state index is 12.8. The average Bonchev–Trinajstić information content (AvgIpc) is 2.64. The van der Waals surface area contributed by atoms with Crippen LogP contribution in [0, 0.1) is 0 Å². The average molecular weight is 380 g/mol. The fraction of sp³-hybridized carbons (Fsp3) is 0.542.